The van der Waals surface area contributed by atoms with E-state index in [1.54, 1.807) is 44.2 Å². The molecule has 7 nitrogen and oxygen atoms in total. The van der Waals surface area contributed by atoms with Crippen LogP contribution in [0.5, 0.6) is 0 Å². The molecule has 0 fully saturated rings. The van der Waals surface area contributed by atoms with Gasteiger partial charge < -0.3 is 15.5 Å². The van der Waals surface area contributed by atoms with Gasteiger partial charge in [0.25, 0.3) is 5.91 Å². The Morgan fingerprint density at radius 2 is 1.64 bits per heavy atom. The Morgan fingerprint density at radius 3 is 2.14 bits per heavy atom. The van der Waals surface area contributed by atoms with E-state index in [9.17, 15) is 28.0 Å². The number of hydrogen-bond donors (Lipinski definition) is 2. The van der Waals surface area contributed by atoms with Gasteiger partial charge in [-0.1, -0.05) is 30.3 Å². The molecule has 0 spiro atoms. The van der Waals surface area contributed by atoms with Crippen LogP contribution in [0.1, 0.15) is 26.3 Å². The summed E-state index contributed by atoms with van der Waals surface area (Å²) < 4.78 is 28.8. The third kappa shape index (κ3) is 6.40. The lowest BCUT2D eigenvalue weighted by atomic mass is 9.98. The molecule has 0 aliphatic heterocycles. The Labute approximate surface area is 162 Å². The van der Waals surface area contributed by atoms with Gasteiger partial charge in [-0.3, -0.25) is 19.2 Å². The maximum Gasteiger partial charge on any atom is 0.383 e. The van der Waals surface area contributed by atoms with Gasteiger partial charge in [-0.15, -0.1) is 0 Å². The molecule has 0 saturated carbocycles. The summed E-state index contributed by atoms with van der Waals surface area (Å²) in [5, 5.41) is 3.98. The lowest BCUT2D eigenvalue weighted by Gasteiger charge is -2.23. The first-order chi connectivity index (χ1) is 13.1. The topological polar surface area (TPSA) is 95.6 Å². The highest BCUT2D eigenvalue weighted by Crippen LogP contribution is 2.19. The first-order valence-electron chi connectivity index (χ1n) is 8.92. The summed E-state index contributed by atoms with van der Waals surface area (Å²) in [7, 11) is 0. The van der Waals surface area contributed by atoms with Gasteiger partial charge in [-0.2, -0.15) is 8.78 Å². The third-order valence-corrected chi connectivity index (χ3v) is 4.09. The SMILES string of the molecule is CCN(CC)C(=O)CNC(=O)C(F)(F)C(=O)C(Cc1ccccc1)NC(C)=O. The molecule has 28 heavy (non-hydrogen) atoms. The van der Waals surface area contributed by atoms with Gasteiger partial charge in [0.2, 0.25) is 17.6 Å². The number of carbonyl (C=O) groups excluding carboxylic acids is 4. The van der Waals surface area contributed by atoms with Crippen molar-refractivity contribution >= 4 is 23.5 Å². The van der Waals surface area contributed by atoms with Crippen molar-refractivity contribution in [2.45, 2.75) is 39.2 Å². The summed E-state index contributed by atoms with van der Waals surface area (Å²) in [6.45, 7) is 4.59. The molecule has 1 atom stereocenters. The van der Waals surface area contributed by atoms with E-state index in [4.69, 9.17) is 0 Å². The summed E-state index contributed by atoms with van der Waals surface area (Å²) in [6, 6.07) is 6.68. The zero-order chi connectivity index (χ0) is 21.3. The number of alkyl halides is 2. The number of rotatable bonds is 10. The second kappa shape index (κ2) is 10.5. The van der Waals surface area contributed by atoms with Crippen LogP contribution in [0.4, 0.5) is 8.78 Å². The van der Waals surface area contributed by atoms with Crippen molar-refractivity contribution in [2.75, 3.05) is 19.6 Å². The van der Waals surface area contributed by atoms with Crippen molar-refractivity contribution in [2.24, 2.45) is 0 Å². The van der Waals surface area contributed by atoms with Crippen LogP contribution >= 0.6 is 0 Å². The van der Waals surface area contributed by atoms with E-state index in [0.29, 0.717) is 18.7 Å². The van der Waals surface area contributed by atoms with E-state index in [0.717, 1.165) is 6.92 Å². The molecule has 1 rings (SSSR count). The van der Waals surface area contributed by atoms with E-state index in [1.165, 1.54) is 4.90 Å². The molecule has 2 N–H and O–H groups in total. The quantitative estimate of drug-likeness (QED) is 0.574. The van der Waals surface area contributed by atoms with Crippen LogP contribution in [0, 0.1) is 0 Å². The van der Waals surface area contributed by atoms with E-state index in [2.05, 4.69) is 5.32 Å². The minimum absolute atomic E-state index is 0.194. The molecule has 1 aromatic carbocycles. The predicted molar refractivity (Wildman–Crippen MR) is 98.6 cm³/mol. The number of benzene rings is 1. The minimum atomic E-state index is -4.40. The molecular formula is C19H25F2N3O4. The fraction of sp³-hybridized carbons (Fsp3) is 0.474. The lowest BCUT2D eigenvalue weighted by molar-refractivity contribution is -0.160. The van der Waals surface area contributed by atoms with Crippen LogP contribution in [0.15, 0.2) is 30.3 Å². The van der Waals surface area contributed by atoms with Crippen LogP contribution in [-0.4, -0.2) is 60.0 Å². The van der Waals surface area contributed by atoms with Gasteiger partial charge in [0.05, 0.1) is 12.6 Å². The molecule has 0 aliphatic carbocycles. The maximum atomic E-state index is 14.4. The molecule has 0 radical (unpaired) electrons. The standard InChI is InChI=1S/C19H25F2N3O4/c1-4-24(5-2)16(26)12-22-18(28)19(20,21)17(27)15(23-13(3)25)11-14-9-7-6-8-10-14/h6-10,15H,4-5,11-12H2,1-3H3,(H,22,28)(H,23,25). The Bertz CT molecular complexity index is 706. The first-order valence-corrected chi connectivity index (χ1v) is 8.92. The van der Waals surface area contributed by atoms with Crippen molar-refractivity contribution in [1.82, 2.24) is 15.5 Å². The number of carbonyl (C=O) groups is 4. The van der Waals surface area contributed by atoms with E-state index >= 15 is 0 Å². The summed E-state index contributed by atoms with van der Waals surface area (Å²) in [5.41, 5.74) is 0.544. The largest absolute Gasteiger partial charge is 0.383 e. The first kappa shape index (κ1) is 23.2. The van der Waals surface area contributed by atoms with Crippen LogP contribution in [0.3, 0.4) is 0 Å². The van der Waals surface area contributed by atoms with Crippen molar-refractivity contribution in [3.05, 3.63) is 35.9 Å². The molecule has 1 aromatic rings. The second-order valence-electron chi connectivity index (χ2n) is 6.13. The summed E-state index contributed by atoms with van der Waals surface area (Å²) in [4.78, 5) is 48.8. The molecule has 0 aliphatic rings. The van der Waals surface area contributed by atoms with Crippen molar-refractivity contribution in [1.29, 1.82) is 0 Å². The van der Waals surface area contributed by atoms with Gasteiger partial charge in [0.1, 0.15) is 0 Å². The average molecular weight is 397 g/mol. The normalized spacial score (nSPS) is 12.0. The van der Waals surface area contributed by atoms with Crippen molar-refractivity contribution in [3.63, 3.8) is 0 Å². The minimum Gasteiger partial charge on any atom is -0.346 e. The summed E-state index contributed by atoms with van der Waals surface area (Å²) in [5.74, 6) is -9.22. The van der Waals surface area contributed by atoms with Gasteiger partial charge >= 0.3 is 5.92 Å². The number of Topliss-reactive ketones (excluding diaryl/α,β-unsaturated/α-hetero) is 1. The van der Waals surface area contributed by atoms with Crippen molar-refractivity contribution in [3.8, 4) is 0 Å². The van der Waals surface area contributed by atoms with E-state index < -0.39 is 42.0 Å². The molecule has 9 heteroatoms. The van der Waals surface area contributed by atoms with Crippen LogP contribution < -0.4 is 10.6 Å². The third-order valence-electron chi connectivity index (χ3n) is 4.09. The monoisotopic (exact) mass is 397 g/mol. The van der Waals surface area contributed by atoms with Crippen LogP contribution in [-0.2, 0) is 25.6 Å². The molecule has 3 amide bonds. The zero-order valence-corrected chi connectivity index (χ0v) is 16.1. The Hall–Kier alpha value is -2.84. The van der Waals surface area contributed by atoms with Crippen LogP contribution in [0.25, 0.3) is 0 Å². The number of nitrogens with one attached hydrogen (secondary N) is 2. The van der Waals surface area contributed by atoms with Gasteiger partial charge in [0, 0.05) is 26.4 Å². The van der Waals surface area contributed by atoms with Gasteiger partial charge in [-0.05, 0) is 19.4 Å². The highest BCUT2D eigenvalue weighted by atomic mass is 19.3. The fourth-order valence-electron chi connectivity index (χ4n) is 2.59. The smallest absolute Gasteiger partial charge is 0.346 e. The highest BCUT2D eigenvalue weighted by molar-refractivity contribution is 6.11. The molecule has 1 unspecified atom stereocenters. The molecule has 154 valence electrons. The number of likely N-dealkylation sites (N-methyl/N-ethyl adjacent to an activating group) is 1. The predicted octanol–water partition coefficient (Wildman–Crippen LogP) is 0.923. The number of ketones is 1. The van der Waals surface area contributed by atoms with Gasteiger partial charge in [-0.25, -0.2) is 0 Å². The average Bonchev–Trinajstić information content (AvgIpc) is 2.66. The maximum absolute atomic E-state index is 14.4. The Morgan fingerprint density at radius 1 is 1.07 bits per heavy atom. The summed E-state index contributed by atoms with van der Waals surface area (Å²) in [6.07, 6.45) is -0.194. The molecular weight excluding hydrogens is 372 g/mol. The highest BCUT2D eigenvalue weighted by Gasteiger charge is 2.50. The van der Waals surface area contributed by atoms with Crippen LogP contribution in [0.2, 0.25) is 0 Å². The summed E-state index contributed by atoms with van der Waals surface area (Å²) >= 11 is 0. The molecule has 0 saturated heterocycles. The second-order valence-corrected chi connectivity index (χ2v) is 6.13. The van der Waals surface area contributed by atoms with E-state index in [1.807, 2.05) is 5.32 Å². The van der Waals surface area contributed by atoms with Gasteiger partial charge in [0.15, 0.2) is 0 Å². The number of nitrogens with zero attached hydrogens (tertiary/aromatic N) is 1. The molecule has 0 aromatic heterocycles. The number of halogens is 2. The van der Waals surface area contributed by atoms with Crippen molar-refractivity contribution < 1.29 is 28.0 Å². The zero-order valence-electron chi connectivity index (χ0n) is 16.1. The molecule has 0 heterocycles. The van der Waals surface area contributed by atoms with E-state index in [-0.39, 0.29) is 6.42 Å². The molecule has 0 bridgehead atoms. The Kier molecular flexibility index (Phi) is 8.69. The number of hydrogen-bond acceptors (Lipinski definition) is 4. The fourth-order valence-corrected chi connectivity index (χ4v) is 2.59. The Balaban J connectivity index is 2.88. The number of amides is 3. The lowest BCUT2D eigenvalue weighted by Crippen LogP contribution is -2.56.